The van der Waals surface area contributed by atoms with E-state index in [4.69, 9.17) is 14.7 Å². The van der Waals surface area contributed by atoms with Crippen molar-refractivity contribution >= 4 is 17.4 Å². The number of fused-ring (bicyclic) bond motifs is 1. The second-order valence-corrected chi connectivity index (χ2v) is 9.73. The van der Waals surface area contributed by atoms with Crippen LogP contribution in [-0.2, 0) is 0 Å². The lowest BCUT2D eigenvalue weighted by Gasteiger charge is -2.44. The maximum absolute atomic E-state index is 12.9. The summed E-state index contributed by atoms with van der Waals surface area (Å²) < 4.78 is 6.51. The molecule has 170 valence electrons. The van der Waals surface area contributed by atoms with Gasteiger partial charge in [-0.2, -0.15) is 0 Å². The smallest absolute Gasteiger partial charge is 0.170 e. The van der Waals surface area contributed by atoms with Crippen LogP contribution in [0.3, 0.4) is 0 Å². The zero-order valence-electron chi connectivity index (χ0n) is 19.6. The number of Topliss-reactive ketones (excluding diaryl/α,β-unsaturated/α-hetero) is 1. The van der Waals surface area contributed by atoms with Crippen molar-refractivity contribution in [2.24, 2.45) is 0 Å². The van der Waals surface area contributed by atoms with Crippen molar-refractivity contribution in [2.75, 3.05) is 56.1 Å². The maximum atomic E-state index is 12.9. The number of nitrogens with zero attached hydrogens (tertiary/aromatic N) is 5. The van der Waals surface area contributed by atoms with E-state index in [1.54, 1.807) is 0 Å². The lowest BCUT2D eigenvalue weighted by atomic mass is 9.82. The lowest BCUT2D eigenvalue weighted by Crippen LogP contribution is -2.51. The fourth-order valence-corrected chi connectivity index (χ4v) is 5.07. The highest BCUT2D eigenvalue weighted by Gasteiger charge is 2.43. The van der Waals surface area contributed by atoms with Gasteiger partial charge in [0.2, 0.25) is 0 Å². The number of aryl methyl sites for hydroxylation is 3. The quantitative estimate of drug-likeness (QED) is 0.718. The highest BCUT2D eigenvalue weighted by atomic mass is 16.5. The van der Waals surface area contributed by atoms with Gasteiger partial charge < -0.3 is 19.4 Å². The molecule has 0 amide bonds. The molecule has 5 rings (SSSR count). The highest BCUT2D eigenvalue weighted by molar-refractivity contribution is 6.00. The van der Waals surface area contributed by atoms with Crippen molar-refractivity contribution < 1.29 is 9.53 Å². The normalized spacial score (nSPS) is 20.9. The number of benzene rings is 1. The maximum Gasteiger partial charge on any atom is 0.170 e. The van der Waals surface area contributed by atoms with Crippen molar-refractivity contribution in [3.05, 3.63) is 40.7 Å². The summed E-state index contributed by atoms with van der Waals surface area (Å²) in [4.78, 5) is 29.4. The molecule has 1 spiro atoms. The summed E-state index contributed by atoms with van der Waals surface area (Å²) in [5.74, 6) is 3.77. The average Bonchev–Trinajstić information content (AvgIpc) is 2.76. The SMILES string of the molecule is Cc1nc(N2CCN(C)CC2)cc(N2CCC3(CC2)CC(=O)c2cc(C)c(C)cc2O3)n1. The Morgan fingerprint density at radius 1 is 0.844 bits per heavy atom. The summed E-state index contributed by atoms with van der Waals surface area (Å²) in [7, 11) is 2.16. The van der Waals surface area contributed by atoms with Crippen molar-refractivity contribution in [1.82, 2.24) is 14.9 Å². The van der Waals surface area contributed by atoms with Crippen LogP contribution in [0.1, 0.15) is 46.6 Å². The Hall–Kier alpha value is -2.67. The molecule has 2 aromatic rings. The predicted molar refractivity (Wildman–Crippen MR) is 126 cm³/mol. The molecule has 0 unspecified atom stereocenters. The van der Waals surface area contributed by atoms with Gasteiger partial charge in [0.25, 0.3) is 0 Å². The van der Waals surface area contributed by atoms with E-state index in [2.05, 4.69) is 34.7 Å². The Labute approximate surface area is 190 Å². The molecule has 2 saturated heterocycles. The number of carbonyl (C=O) groups is 1. The van der Waals surface area contributed by atoms with Gasteiger partial charge in [0.05, 0.1) is 12.0 Å². The summed E-state index contributed by atoms with van der Waals surface area (Å²) in [6.45, 7) is 11.8. The molecule has 7 heteroatoms. The number of likely N-dealkylation sites (N-methyl/N-ethyl adjacent to an activating group) is 1. The molecule has 0 radical (unpaired) electrons. The predicted octanol–water partition coefficient (Wildman–Crippen LogP) is 3.16. The van der Waals surface area contributed by atoms with Crippen molar-refractivity contribution in [2.45, 2.75) is 45.6 Å². The molecule has 0 aliphatic carbocycles. The van der Waals surface area contributed by atoms with E-state index in [1.807, 2.05) is 26.0 Å². The van der Waals surface area contributed by atoms with Gasteiger partial charge in [0.15, 0.2) is 5.78 Å². The van der Waals surface area contributed by atoms with Gasteiger partial charge in [-0.25, -0.2) is 9.97 Å². The zero-order chi connectivity index (χ0) is 22.5. The summed E-state index contributed by atoms with van der Waals surface area (Å²) in [5, 5.41) is 0. The minimum atomic E-state index is -0.398. The van der Waals surface area contributed by atoms with Crippen LogP contribution in [0.15, 0.2) is 18.2 Å². The first-order valence-electron chi connectivity index (χ1n) is 11.7. The largest absolute Gasteiger partial charge is 0.486 e. The first-order chi connectivity index (χ1) is 15.3. The number of aromatic nitrogens is 2. The van der Waals surface area contributed by atoms with Gasteiger partial charge in [-0.1, -0.05) is 0 Å². The molecular formula is C25H33N5O2. The average molecular weight is 436 g/mol. The fraction of sp³-hybridized carbons (Fsp3) is 0.560. The van der Waals surface area contributed by atoms with Crippen LogP contribution in [0.5, 0.6) is 5.75 Å². The molecule has 0 N–H and O–H groups in total. The molecule has 2 fully saturated rings. The zero-order valence-corrected chi connectivity index (χ0v) is 19.6. The Morgan fingerprint density at radius 2 is 1.44 bits per heavy atom. The van der Waals surface area contributed by atoms with Gasteiger partial charge in [-0.05, 0) is 51.1 Å². The third-order valence-electron chi connectivity index (χ3n) is 7.34. The number of anilines is 2. The van der Waals surface area contributed by atoms with Crippen LogP contribution in [0.2, 0.25) is 0 Å². The van der Waals surface area contributed by atoms with E-state index in [9.17, 15) is 4.79 Å². The first kappa shape index (κ1) is 21.2. The number of carbonyl (C=O) groups excluding carboxylic acids is 1. The third kappa shape index (κ3) is 3.94. The van der Waals surface area contributed by atoms with Crippen LogP contribution in [0.25, 0.3) is 0 Å². The monoisotopic (exact) mass is 435 g/mol. The molecule has 0 saturated carbocycles. The first-order valence-corrected chi connectivity index (χ1v) is 11.7. The summed E-state index contributed by atoms with van der Waals surface area (Å²) in [6.07, 6.45) is 2.10. The molecule has 7 nitrogen and oxygen atoms in total. The van der Waals surface area contributed by atoms with Crippen molar-refractivity contribution in [3.63, 3.8) is 0 Å². The molecule has 0 atom stereocenters. The molecule has 1 aromatic carbocycles. The highest BCUT2D eigenvalue weighted by Crippen LogP contribution is 2.41. The van der Waals surface area contributed by atoms with E-state index < -0.39 is 5.60 Å². The molecule has 1 aromatic heterocycles. The number of ether oxygens (including phenoxy) is 1. The van der Waals surface area contributed by atoms with E-state index in [0.29, 0.717) is 6.42 Å². The minimum absolute atomic E-state index is 0.207. The number of ketones is 1. The number of piperazine rings is 1. The Morgan fingerprint density at radius 3 is 2.09 bits per heavy atom. The Balaban J connectivity index is 1.32. The lowest BCUT2D eigenvalue weighted by molar-refractivity contribution is 0.0230. The van der Waals surface area contributed by atoms with Gasteiger partial charge in [0.1, 0.15) is 28.8 Å². The van der Waals surface area contributed by atoms with E-state index >= 15 is 0 Å². The van der Waals surface area contributed by atoms with Crippen LogP contribution in [0.4, 0.5) is 11.6 Å². The summed E-state index contributed by atoms with van der Waals surface area (Å²) >= 11 is 0. The Bertz CT molecular complexity index is 1040. The van der Waals surface area contributed by atoms with Crippen LogP contribution in [-0.4, -0.2) is 72.6 Å². The fourth-order valence-electron chi connectivity index (χ4n) is 5.07. The number of piperidine rings is 1. The van der Waals surface area contributed by atoms with Crippen LogP contribution < -0.4 is 14.5 Å². The van der Waals surface area contributed by atoms with E-state index in [0.717, 1.165) is 86.4 Å². The topological polar surface area (TPSA) is 61.8 Å². The summed E-state index contributed by atoms with van der Waals surface area (Å²) in [6, 6.07) is 6.15. The number of hydrogen-bond acceptors (Lipinski definition) is 7. The van der Waals surface area contributed by atoms with Gasteiger partial charge in [0, 0.05) is 58.2 Å². The molecule has 3 aliphatic rings. The minimum Gasteiger partial charge on any atom is -0.486 e. The summed E-state index contributed by atoms with van der Waals surface area (Å²) in [5.41, 5.74) is 2.65. The van der Waals surface area contributed by atoms with E-state index in [1.165, 1.54) is 5.56 Å². The van der Waals surface area contributed by atoms with Gasteiger partial charge >= 0.3 is 0 Å². The van der Waals surface area contributed by atoms with Crippen molar-refractivity contribution in [3.8, 4) is 5.75 Å². The second kappa shape index (κ2) is 8.03. The van der Waals surface area contributed by atoms with E-state index in [-0.39, 0.29) is 5.78 Å². The Kier molecular flexibility index (Phi) is 5.32. The molecular weight excluding hydrogens is 402 g/mol. The standard InChI is InChI=1S/C25H33N5O2/c1-17-13-20-21(31)16-25(32-22(20)14-18(17)2)5-7-29(8-6-25)23-15-24(27-19(3)26-23)30-11-9-28(4)10-12-30/h13-15H,5-12,16H2,1-4H3. The number of hydrogen-bond donors (Lipinski definition) is 0. The van der Waals surface area contributed by atoms with Crippen LogP contribution >= 0.6 is 0 Å². The van der Waals surface area contributed by atoms with Gasteiger partial charge in [-0.15, -0.1) is 0 Å². The second-order valence-electron chi connectivity index (χ2n) is 9.73. The molecule has 0 bridgehead atoms. The third-order valence-corrected chi connectivity index (χ3v) is 7.34. The van der Waals surface area contributed by atoms with Crippen molar-refractivity contribution in [1.29, 1.82) is 0 Å². The molecule has 4 heterocycles. The number of rotatable bonds is 2. The molecule has 3 aliphatic heterocycles. The van der Waals surface area contributed by atoms with Gasteiger partial charge in [-0.3, -0.25) is 4.79 Å². The van der Waals surface area contributed by atoms with Crippen LogP contribution in [0, 0.1) is 20.8 Å². The molecule has 32 heavy (non-hydrogen) atoms.